The van der Waals surface area contributed by atoms with Crippen LogP contribution in [0.1, 0.15) is 61.3 Å². The molecule has 2 aromatic heterocycles. The van der Waals surface area contributed by atoms with Gasteiger partial charge >= 0.3 is 0 Å². The van der Waals surface area contributed by atoms with Gasteiger partial charge < -0.3 is 10.2 Å². The second-order valence-corrected chi connectivity index (χ2v) is 11.3. The highest BCUT2D eigenvalue weighted by molar-refractivity contribution is 6.30. The summed E-state index contributed by atoms with van der Waals surface area (Å²) in [5, 5.41) is 5.23. The fourth-order valence-corrected chi connectivity index (χ4v) is 6.03. The molecular weight excluding hydrogens is 518 g/mol. The van der Waals surface area contributed by atoms with E-state index in [1.54, 1.807) is 6.07 Å². The van der Waals surface area contributed by atoms with Gasteiger partial charge in [-0.2, -0.15) is 4.98 Å². The summed E-state index contributed by atoms with van der Waals surface area (Å²) in [6.45, 7) is 2.76. The van der Waals surface area contributed by atoms with E-state index in [0.29, 0.717) is 28.2 Å². The van der Waals surface area contributed by atoms with Crippen molar-refractivity contribution in [1.29, 1.82) is 0 Å². The minimum Gasteiger partial charge on any atom is -0.341 e. The Morgan fingerprint density at radius 2 is 1.70 bits per heavy atom. The van der Waals surface area contributed by atoms with Gasteiger partial charge in [0.05, 0.1) is 5.39 Å². The number of aromatic nitrogens is 3. The summed E-state index contributed by atoms with van der Waals surface area (Å²) in [6.07, 6.45) is 9.26. The number of piperidine rings is 1. The number of nitrogens with zero attached hydrogens (tertiary/aromatic N) is 4. The van der Waals surface area contributed by atoms with Crippen LogP contribution in [0.25, 0.3) is 11.0 Å². The number of benzene rings is 2. The zero-order chi connectivity index (χ0) is 27.3. The van der Waals surface area contributed by atoms with Gasteiger partial charge in [-0.25, -0.2) is 4.98 Å². The fourth-order valence-electron chi connectivity index (χ4n) is 5.91. The Labute approximate surface area is 240 Å². The number of rotatable bonds is 6. The molecule has 0 unspecified atom stereocenters. The van der Waals surface area contributed by atoms with E-state index in [4.69, 9.17) is 21.6 Å². The van der Waals surface area contributed by atoms with Gasteiger partial charge in [0.1, 0.15) is 5.65 Å². The molecule has 1 N–H and O–H groups in total. The van der Waals surface area contributed by atoms with Crippen LogP contribution < -0.4 is 15.8 Å². The molecule has 2 aliphatic rings. The maximum Gasteiger partial charge on any atom is 0.253 e. The predicted molar refractivity (Wildman–Crippen MR) is 162 cm³/mol. The molecule has 3 heterocycles. The molecule has 0 atom stereocenters. The van der Waals surface area contributed by atoms with Crippen molar-refractivity contribution < 1.29 is 0 Å². The van der Waals surface area contributed by atoms with E-state index < -0.39 is 0 Å². The van der Waals surface area contributed by atoms with E-state index in [1.165, 1.54) is 5.56 Å². The minimum absolute atomic E-state index is 0.0363. The largest absolute Gasteiger partial charge is 0.341 e. The molecule has 204 valence electrons. The monoisotopic (exact) mass is 551 g/mol. The van der Waals surface area contributed by atoms with Crippen molar-refractivity contribution in [2.45, 2.75) is 57.0 Å². The third kappa shape index (κ3) is 6.06. The first kappa shape index (κ1) is 26.6. The SMILES string of the molecule is O=c1cc(C#Cc2ccc(Cl)cc2)c2cnc(N3CCC(NCCc4ccccc4)CC3)nc2n1C1CCCC1. The first-order valence-corrected chi connectivity index (χ1v) is 14.7. The molecule has 2 aromatic carbocycles. The van der Waals surface area contributed by atoms with Crippen LogP contribution >= 0.6 is 11.6 Å². The van der Waals surface area contributed by atoms with Crippen molar-refractivity contribution in [2.75, 3.05) is 24.5 Å². The predicted octanol–water partition coefficient (Wildman–Crippen LogP) is 5.76. The Morgan fingerprint density at radius 1 is 0.950 bits per heavy atom. The lowest BCUT2D eigenvalue weighted by Crippen LogP contribution is -2.43. The van der Waals surface area contributed by atoms with E-state index in [0.717, 1.165) is 75.5 Å². The van der Waals surface area contributed by atoms with Crippen LogP contribution in [0.2, 0.25) is 5.02 Å². The smallest absolute Gasteiger partial charge is 0.253 e. The van der Waals surface area contributed by atoms with Crippen molar-refractivity contribution in [2.24, 2.45) is 0 Å². The van der Waals surface area contributed by atoms with Gasteiger partial charge in [0.2, 0.25) is 5.95 Å². The van der Waals surface area contributed by atoms with Gasteiger partial charge in [-0.3, -0.25) is 9.36 Å². The van der Waals surface area contributed by atoms with E-state index in [1.807, 2.05) is 35.0 Å². The highest BCUT2D eigenvalue weighted by atomic mass is 35.5. The molecule has 1 saturated heterocycles. The van der Waals surface area contributed by atoms with Gasteiger partial charge in [0.25, 0.3) is 5.56 Å². The van der Waals surface area contributed by atoms with Crippen molar-refractivity contribution in [3.05, 3.63) is 98.9 Å². The van der Waals surface area contributed by atoms with Crippen molar-refractivity contribution in [3.63, 3.8) is 0 Å². The Hall–Kier alpha value is -3.66. The number of hydrogen-bond donors (Lipinski definition) is 1. The van der Waals surface area contributed by atoms with Crippen LogP contribution in [0.15, 0.2) is 71.7 Å². The van der Waals surface area contributed by atoms with Crippen LogP contribution in [0.3, 0.4) is 0 Å². The van der Waals surface area contributed by atoms with Gasteiger partial charge in [0, 0.05) is 53.6 Å². The van der Waals surface area contributed by atoms with Crippen LogP contribution in [-0.2, 0) is 6.42 Å². The van der Waals surface area contributed by atoms with Crippen LogP contribution in [0.4, 0.5) is 5.95 Å². The standard InChI is InChI=1S/C33H34ClN5O/c34-27-14-11-25(12-15-27)10-13-26-22-31(40)39(29-8-4-5-9-29)32-30(26)23-36-33(37-32)38-20-17-28(18-21-38)35-19-16-24-6-2-1-3-7-24/h1-3,6-7,11-12,14-15,22-23,28-29,35H,4-5,8-9,16-21H2. The number of halogens is 1. The maximum atomic E-state index is 13.4. The molecule has 1 aliphatic carbocycles. The first-order chi connectivity index (χ1) is 19.6. The third-order valence-corrected chi connectivity index (χ3v) is 8.37. The normalized spacial score (nSPS) is 16.3. The molecule has 40 heavy (non-hydrogen) atoms. The Kier molecular flexibility index (Phi) is 8.13. The Morgan fingerprint density at radius 3 is 2.45 bits per heavy atom. The summed E-state index contributed by atoms with van der Waals surface area (Å²) in [4.78, 5) is 25.5. The molecule has 1 saturated carbocycles. The molecule has 0 bridgehead atoms. The van der Waals surface area contributed by atoms with Crippen molar-refractivity contribution >= 4 is 28.6 Å². The van der Waals surface area contributed by atoms with Crippen LogP contribution in [-0.4, -0.2) is 40.2 Å². The summed E-state index contributed by atoms with van der Waals surface area (Å²) in [6, 6.07) is 20.3. The summed E-state index contributed by atoms with van der Waals surface area (Å²) in [7, 11) is 0. The summed E-state index contributed by atoms with van der Waals surface area (Å²) < 4.78 is 1.90. The zero-order valence-corrected chi connectivity index (χ0v) is 23.4. The molecule has 6 nitrogen and oxygen atoms in total. The zero-order valence-electron chi connectivity index (χ0n) is 22.7. The Balaban J connectivity index is 1.23. The molecule has 0 radical (unpaired) electrons. The van der Waals surface area contributed by atoms with Gasteiger partial charge in [-0.15, -0.1) is 0 Å². The molecule has 7 heteroatoms. The first-order valence-electron chi connectivity index (χ1n) is 14.4. The third-order valence-electron chi connectivity index (χ3n) is 8.12. The second kappa shape index (κ2) is 12.2. The molecule has 0 spiro atoms. The Bertz CT molecular complexity index is 1580. The lowest BCUT2D eigenvalue weighted by Gasteiger charge is -2.32. The van der Waals surface area contributed by atoms with Crippen molar-refractivity contribution in [3.8, 4) is 11.8 Å². The second-order valence-electron chi connectivity index (χ2n) is 10.8. The molecule has 1 aliphatic heterocycles. The summed E-state index contributed by atoms with van der Waals surface area (Å²) >= 11 is 6.02. The highest BCUT2D eigenvalue weighted by Gasteiger charge is 2.24. The lowest BCUT2D eigenvalue weighted by atomic mass is 10.0. The topological polar surface area (TPSA) is 63.1 Å². The van der Waals surface area contributed by atoms with Gasteiger partial charge in [-0.1, -0.05) is 66.6 Å². The average Bonchev–Trinajstić information content (AvgIpc) is 3.52. The van der Waals surface area contributed by atoms with E-state index in [2.05, 4.69) is 52.4 Å². The van der Waals surface area contributed by atoms with E-state index >= 15 is 0 Å². The van der Waals surface area contributed by atoms with E-state index in [-0.39, 0.29) is 11.6 Å². The molecule has 0 amide bonds. The highest BCUT2D eigenvalue weighted by Crippen LogP contribution is 2.31. The minimum atomic E-state index is -0.0363. The number of anilines is 1. The summed E-state index contributed by atoms with van der Waals surface area (Å²) in [5.74, 6) is 7.08. The number of nitrogens with one attached hydrogen (secondary N) is 1. The fraction of sp³-hybridized carbons (Fsp3) is 0.364. The number of hydrogen-bond acceptors (Lipinski definition) is 5. The average molecular weight is 552 g/mol. The van der Waals surface area contributed by atoms with Crippen LogP contribution in [0, 0.1) is 11.8 Å². The van der Waals surface area contributed by atoms with Crippen molar-refractivity contribution in [1.82, 2.24) is 19.9 Å². The van der Waals surface area contributed by atoms with E-state index in [9.17, 15) is 4.79 Å². The summed E-state index contributed by atoms with van der Waals surface area (Å²) in [5.41, 5.74) is 3.54. The van der Waals surface area contributed by atoms with Gasteiger partial charge in [0.15, 0.2) is 0 Å². The maximum absolute atomic E-state index is 13.4. The number of fused-ring (bicyclic) bond motifs is 1. The van der Waals surface area contributed by atoms with Crippen LogP contribution in [0.5, 0.6) is 0 Å². The quantitative estimate of drug-likeness (QED) is 0.309. The van der Waals surface area contributed by atoms with Gasteiger partial charge in [-0.05, 0) is 68.5 Å². The molecule has 4 aromatic rings. The number of pyridine rings is 1. The lowest BCUT2D eigenvalue weighted by molar-refractivity contribution is 0.415. The molecule has 6 rings (SSSR count). The molecule has 2 fully saturated rings. The molecular formula is C33H34ClN5O.